The minimum absolute atomic E-state index is 0.121. The van der Waals surface area contributed by atoms with E-state index >= 15 is 0 Å². The smallest absolute Gasteiger partial charge is 0.251 e. The zero-order valence-corrected chi connectivity index (χ0v) is 17.7. The first kappa shape index (κ1) is 21.1. The Morgan fingerprint density at radius 1 is 0.900 bits per heavy atom. The number of benzene rings is 2. The SMILES string of the molecule is COc1ccc(CCNC(=O)c2ccc(Nc3nc(C)cc(C)n3)cc2)cc1OC. The van der Waals surface area contributed by atoms with Gasteiger partial charge in [0.2, 0.25) is 5.95 Å². The second-order valence-corrected chi connectivity index (χ2v) is 6.87. The van der Waals surface area contributed by atoms with Gasteiger partial charge < -0.3 is 20.1 Å². The molecule has 0 bridgehead atoms. The van der Waals surface area contributed by atoms with Gasteiger partial charge in [0.25, 0.3) is 5.91 Å². The topological polar surface area (TPSA) is 85.4 Å². The lowest BCUT2D eigenvalue weighted by atomic mass is 10.1. The van der Waals surface area contributed by atoms with E-state index in [2.05, 4.69) is 20.6 Å². The molecule has 0 spiro atoms. The van der Waals surface area contributed by atoms with Gasteiger partial charge in [-0.25, -0.2) is 9.97 Å². The highest BCUT2D eigenvalue weighted by Crippen LogP contribution is 2.27. The van der Waals surface area contributed by atoms with Crippen molar-refractivity contribution in [3.05, 3.63) is 71.0 Å². The Bertz CT molecular complexity index is 999. The third kappa shape index (κ3) is 5.47. The third-order valence-electron chi connectivity index (χ3n) is 4.53. The molecule has 0 atom stereocenters. The van der Waals surface area contributed by atoms with Crippen LogP contribution in [0, 0.1) is 13.8 Å². The van der Waals surface area contributed by atoms with E-state index < -0.39 is 0 Å². The van der Waals surface area contributed by atoms with Crippen molar-refractivity contribution < 1.29 is 14.3 Å². The quantitative estimate of drug-likeness (QED) is 0.591. The van der Waals surface area contributed by atoms with Crippen molar-refractivity contribution in [3.63, 3.8) is 0 Å². The van der Waals surface area contributed by atoms with Crippen LogP contribution in [0.5, 0.6) is 11.5 Å². The number of hydrogen-bond donors (Lipinski definition) is 2. The predicted molar refractivity (Wildman–Crippen MR) is 117 cm³/mol. The van der Waals surface area contributed by atoms with Gasteiger partial charge in [-0.05, 0) is 68.3 Å². The molecule has 3 aromatic rings. The second-order valence-electron chi connectivity index (χ2n) is 6.87. The maximum absolute atomic E-state index is 12.4. The number of nitrogens with zero attached hydrogens (tertiary/aromatic N) is 2. The first-order valence-corrected chi connectivity index (χ1v) is 9.67. The standard InChI is InChI=1S/C23H26N4O3/c1-15-13-16(2)26-23(25-15)27-19-8-6-18(7-9-19)22(28)24-12-11-17-5-10-20(29-3)21(14-17)30-4/h5-10,13-14H,11-12H2,1-4H3,(H,24,28)(H,25,26,27). The Kier molecular flexibility index (Phi) is 6.85. The molecule has 0 saturated heterocycles. The summed E-state index contributed by atoms with van der Waals surface area (Å²) in [5.41, 5.74) is 4.27. The van der Waals surface area contributed by atoms with Crippen LogP contribution in [0.15, 0.2) is 48.5 Å². The van der Waals surface area contributed by atoms with Crippen molar-refractivity contribution in [2.24, 2.45) is 0 Å². The largest absolute Gasteiger partial charge is 0.493 e. The van der Waals surface area contributed by atoms with Crippen LogP contribution in [0.1, 0.15) is 27.3 Å². The molecule has 0 fully saturated rings. The lowest BCUT2D eigenvalue weighted by Gasteiger charge is -2.10. The van der Waals surface area contributed by atoms with Crippen LogP contribution in [0.3, 0.4) is 0 Å². The highest BCUT2D eigenvalue weighted by molar-refractivity contribution is 5.94. The number of methoxy groups -OCH3 is 2. The number of aryl methyl sites for hydroxylation is 2. The van der Waals surface area contributed by atoms with Crippen molar-refractivity contribution >= 4 is 17.5 Å². The molecule has 0 aliphatic heterocycles. The van der Waals surface area contributed by atoms with Crippen LogP contribution >= 0.6 is 0 Å². The first-order valence-electron chi connectivity index (χ1n) is 9.67. The fourth-order valence-corrected chi connectivity index (χ4v) is 3.07. The van der Waals surface area contributed by atoms with E-state index in [1.54, 1.807) is 26.4 Å². The summed E-state index contributed by atoms with van der Waals surface area (Å²) in [4.78, 5) is 21.1. The number of anilines is 2. The van der Waals surface area contributed by atoms with E-state index in [9.17, 15) is 4.79 Å². The number of hydrogen-bond acceptors (Lipinski definition) is 6. The molecule has 1 aromatic heterocycles. The van der Waals surface area contributed by atoms with Crippen LogP contribution < -0.4 is 20.1 Å². The van der Waals surface area contributed by atoms with E-state index in [1.165, 1.54) is 0 Å². The number of ether oxygens (including phenoxy) is 2. The Labute approximate surface area is 176 Å². The predicted octanol–water partition coefficient (Wildman–Crippen LogP) is 3.83. The molecule has 0 aliphatic carbocycles. The molecule has 2 N–H and O–H groups in total. The van der Waals surface area contributed by atoms with Crippen LogP contribution in [-0.2, 0) is 6.42 Å². The zero-order chi connectivity index (χ0) is 21.5. The summed E-state index contributed by atoms with van der Waals surface area (Å²) in [6.45, 7) is 4.37. The number of carbonyl (C=O) groups is 1. The molecule has 0 radical (unpaired) electrons. The fourth-order valence-electron chi connectivity index (χ4n) is 3.07. The molecule has 7 heteroatoms. The molecular formula is C23H26N4O3. The first-order chi connectivity index (χ1) is 14.5. The van der Waals surface area contributed by atoms with Gasteiger partial charge >= 0.3 is 0 Å². The van der Waals surface area contributed by atoms with Gasteiger partial charge in [0.15, 0.2) is 11.5 Å². The van der Waals surface area contributed by atoms with Gasteiger partial charge in [-0.3, -0.25) is 4.79 Å². The van der Waals surface area contributed by atoms with Gasteiger partial charge in [-0.2, -0.15) is 0 Å². The number of nitrogens with one attached hydrogen (secondary N) is 2. The van der Waals surface area contributed by atoms with Crippen molar-refractivity contribution in [1.82, 2.24) is 15.3 Å². The highest BCUT2D eigenvalue weighted by atomic mass is 16.5. The van der Waals surface area contributed by atoms with Gasteiger partial charge in [0, 0.05) is 29.2 Å². The molecule has 0 unspecified atom stereocenters. The summed E-state index contributed by atoms with van der Waals surface area (Å²) in [6.07, 6.45) is 0.690. The zero-order valence-electron chi connectivity index (χ0n) is 17.7. The van der Waals surface area contributed by atoms with E-state index in [0.29, 0.717) is 36.0 Å². The Hall–Kier alpha value is -3.61. The van der Waals surface area contributed by atoms with Crippen molar-refractivity contribution in [2.45, 2.75) is 20.3 Å². The molecule has 0 saturated carbocycles. The van der Waals surface area contributed by atoms with E-state index in [1.807, 2.05) is 50.2 Å². The lowest BCUT2D eigenvalue weighted by molar-refractivity contribution is 0.0954. The number of rotatable bonds is 8. The summed E-state index contributed by atoms with van der Waals surface area (Å²) in [5.74, 6) is 1.78. The molecule has 2 aromatic carbocycles. The fraction of sp³-hybridized carbons (Fsp3) is 0.261. The summed E-state index contributed by atoms with van der Waals surface area (Å²) in [6, 6.07) is 14.9. The monoisotopic (exact) mass is 406 g/mol. The molecule has 0 aliphatic rings. The Morgan fingerprint density at radius 2 is 1.57 bits per heavy atom. The molecule has 7 nitrogen and oxygen atoms in total. The van der Waals surface area contributed by atoms with Crippen molar-refractivity contribution in [2.75, 3.05) is 26.1 Å². The van der Waals surface area contributed by atoms with Gasteiger partial charge in [-0.1, -0.05) is 6.07 Å². The minimum atomic E-state index is -0.121. The molecule has 156 valence electrons. The maximum Gasteiger partial charge on any atom is 0.251 e. The lowest BCUT2D eigenvalue weighted by Crippen LogP contribution is -2.25. The summed E-state index contributed by atoms with van der Waals surface area (Å²) >= 11 is 0. The molecule has 3 rings (SSSR count). The van der Waals surface area contributed by atoms with E-state index in [4.69, 9.17) is 9.47 Å². The number of aromatic nitrogens is 2. The molecule has 1 amide bonds. The molecule has 30 heavy (non-hydrogen) atoms. The third-order valence-corrected chi connectivity index (χ3v) is 4.53. The van der Waals surface area contributed by atoms with Gasteiger partial charge in [0.1, 0.15) is 0 Å². The van der Waals surface area contributed by atoms with E-state index in [0.717, 1.165) is 22.6 Å². The Morgan fingerprint density at radius 3 is 2.20 bits per heavy atom. The summed E-state index contributed by atoms with van der Waals surface area (Å²) in [5, 5.41) is 6.10. The second kappa shape index (κ2) is 9.73. The maximum atomic E-state index is 12.4. The normalized spacial score (nSPS) is 10.4. The summed E-state index contributed by atoms with van der Waals surface area (Å²) in [7, 11) is 3.21. The summed E-state index contributed by atoms with van der Waals surface area (Å²) < 4.78 is 10.6. The number of carbonyl (C=O) groups excluding carboxylic acids is 1. The van der Waals surface area contributed by atoms with Crippen LogP contribution in [0.25, 0.3) is 0 Å². The van der Waals surface area contributed by atoms with Gasteiger partial charge in [0.05, 0.1) is 14.2 Å². The van der Waals surface area contributed by atoms with Crippen molar-refractivity contribution in [1.29, 1.82) is 0 Å². The van der Waals surface area contributed by atoms with Gasteiger partial charge in [-0.15, -0.1) is 0 Å². The molecule has 1 heterocycles. The van der Waals surface area contributed by atoms with Crippen LogP contribution in [0.2, 0.25) is 0 Å². The van der Waals surface area contributed by atoms with Crippen LogP contribution in [0.4, 0.5) is 11.6 Å². The Balaban J connectivity index is 1.54. The average Bonchev–Trinajstić information content (AvgIpc) is 2.73. The molecular weight excluding hydrogens is 380 g/mol. The highest BCUT2D eigenvalue weighted by Gasteiger charge is 2.08. The minimum Gasteiger partial charge on any atom is -0.493 e. The average molecular weight is 406 g/mol. The number of amides is 1. The van der Waals surface area contributed by atoms with Crippen LogP contribution in [-0.4, -0.2) is 36.6 Å². The van der Waals surface area contributed by atoms with E-state index in [-0.39, 0.29) is 5.91 Å². The van der Waals surface area contributed by atoms with Crippen molar-refractivity contribution in [3.8, 4) is 11.5 Å².